The lowest BCUT2D eigenvalue weighted by Gasteiger charge is -2.23. The number of amides is 1. The average Bonchev–Trinajstić information content (AvgIpc) is 3.38. The van der Waals surface area contributed by atoms with E-state index in [2.05, 4.69) is 0 Å². The van der Waals surface area contributed by atoms with Gasteiger partial charge in [-0.15, -0.1) is 0 Å². The number of carbonyl (C=O) groups is 1. The van der Waals surface area contributed by atoms with Gasteiger partial charge in [0.25, 0.3) is 5.91 Å². The number of hydrogen-bond acceptors (Lipinski definition) is 2. The monoisotopic (exact) mass is 312 g/mol. The van der Waals surface area contributed by atoms with Gasteiger partial charge in [-0.1, -0.05) is 24.3 Å². The lowest BCUT2D eigenvalue weighted by molar-refractivity contribution is 0.0728. The molecule has 0 N–H and O–H groups in total. The number of hydrogen-bond donors (Lipinski definition) is 0. The lowest BCUT2D eigenvalue weighted by Crippen LogP contribution is -2.33. The summed E-state index contributed by atoms with van der Waals surface area (Å²) in [7, 11) is 3.89. The number of rotatable bonds is 5. The van der Waals surface area contributed by atoms with Crippen LogP contribution in [0.3, 0.4) is 0 Å². The zero-order chi connectivity index (χ0) is 16.4. The first-order valence-electron chi connectivity index (χ1n) is 7.88. The molecule has 2 aromatic carbocycles. The zero-order valence-electron chi connectivity index (χ0n) is 13.5. The molecule has 1 amide bonds. The Labute approximate surface area is 136 Å². The summed E-state index contributed by atoms with van der Waals surface area (Å²) < 4.78 is 13.9. The molecule has 1 aliphatic rings. The summed E-state index contributed by atoms with van der Waals surface area (Å²) in [6.07, 6.45) is 1.99. The standard InChI is InChI=1S/C19H21FN2O/c1-21(2)17-8-5-7-14(12-17)19(23)22(16-10-11-16)13-15-6-3-4-9-18(15)20/h3-9,12,16H,10-11,13H2,1-2H3. The van der Waals surface area contributed by atoms with Crippen molar-refractivity contribution in [2.75, 3.05) is 19.0 Å². The van der Waals surface area contributed by atoms with Gasteiger partial charge in [0.05, 0.1) is 0 Å². The molecule has 2 aromatic rings. The number of anilines is 1. The summed E-state index contributed by atoms with van der Waals surface area (Å²) in [5.74, 6) is -0.285. The van der Waals surface area contributed by atoms with E-state index in [0.29, 0.717) is 17.7 Å². The largest absolute Gasteiger partial charge is 0.378 e. The first kappa shape index (κ1) is 15.5. The minimum atomic E-state index is -0.256. The van der Waals surface area contributed by atoms with Crippen LogP contribution in [-0.2, 0) is 6.54 Å². The van der Waals surface area contributed by atoms with Crippen molar-refractivity contribution in [3.63, 3.8) is 0 Å². The predicted octanol–water partition coefficient (Wildman–Crippen LogP) is 3.70. The SMILES string of the molecule is CN(C)c1cccc(C(=O)N(Cc2ccccc2F)C2CC2)c1. The fourth-order valence-corrected chi connectivity index (χ4v) is 2.65. The van der Waals surface area contributed by atoms with Crippen LogP contribution in [0, 0.1) is 5.82 Å². The summed E-state index contributed by atoms with van der Waals surface area (Å²) in [5.41, 5.74) is 2.20. The molecule has 0 aromatic heterocycles. The Kier molecular flexibility index (Phi) is 4.33. The van der Waals surface area contributed by atoms with E-state index in [1.807, 2.05) is 43.3 Å². The molecule has 1 saturated carbocycles. The molecule has 0 aliphatic heterocycles. The molecular formula is C19H21FN2O. The number of benzene rings is 2. The number of halogens is 1. The van der Waals surface area contributed by atoms with Crippen LogP contribution in [0.15, 0.2) is 48.5 Å². The maximum atomic E-state index is 13.9. The van der Waals surface area contributed by atoms with E-state index in [-0.39, 0.29) is 17.8 Å². The predicted molar refractivity (Wildman–Crippen MR) is 90.1 cm³/mol. The van der Waals surface area contributed by atoms with E-state index >= 15 is 0 Å². The molecule has 0 spiro atoms. The molecule has 120 valence electrons. The molecule has 3 nitrogen and oxygen atoms in total. The van der Waals surface area contributed by atoms with Gasteiger partial charge < -0.3 is 9.80 Å². The van der Waals surface area contributed by atoms with Crippen molar-refractivity contribution in [3.8, 4) is 0 Å². The molecule has 0 atom stereocenters. The second kappa shape index (κ2) is 6.41. The van der Waals surface area contributed by atoms with Crippen LogP contribution in [0.2, 0.25) is 0 Å². The van der Waals surface area contributed by atoms with Gasteiger partial charge in [0.1, 0.15) is 5.82 Å². The van der Waals surface area contributed by atoms with Crippen molar-refractivity contribution >= 4 is 11.6 Å². The first-order chi connectivity index (χ1) is 11.1. The van der Waals surface area contributed by atoms with E-state index in [1.165, 1.54) is 6.07 Å². The normalized spacial score (nSPS) is 13.7. The van der Waals surface area contributed by atoms with Crippen LogP contribution in [0.5, 0.6) is 0 Å². The van der Waals surface area contributed by atoms with Crippen molar-refractivity contribution in [3.05, 3.63) is 65.5 Å². The quantitative estimate of drug-likeness (QED) is 0.840. The van der Waals surface area contributed by atoms with Crippen molar-refractivity contribution in [1.82, 2.24) is 4.90 Å². The molecule has 23 heavy (non-hydrogen) atoms. The van der Waals surface area contributed by atoms with Crippen LogP contribution >= 0.6 is 0 Å². The van der Waals surface area contributed by atoms with Crippen LogP contribution in [0.4, 0.5) is 10.1 Å². The third kappa shape index (κ3) is 3.52. The number of carbonyl (C=O) groups excluding carboxylic acids is 1. The van der Waals surface area contributed by atoms with Crippen molar-refractivity contribution in [2.45, 2.75) is 25.4 Å². The van der Waals surface area contributed by atoms with E-state index in [1.54, 1.807) is 23.1 Å². The summed E-state index contributed by atoms with van der Waals surface area (Å²) in [4.78, 5) is 16.7. The van der Waals surface area contributed by atoms with Gasteiger partial charge in [0.2, 0.25) is 0 Å². The van der Waals surface area contributed by atoms with E-state index in [9.17, 15) is 9.18 Å². The maximum absolute atomic E-state index is 13.9. The Morgan fingerprint density at radius 3 is 2.52 bits per heavy atom. The molecule has 0 radical (unpaired) electrons. The van der Waals surface area contributed by atoms with Gasteiger partial charge in [0, 0.05) is 43.5 Å². The van der Waals surface area contributed by atoms with Crippen LogP contribution in [0.25, 0.3) is 0 Å². The second-order valence-electron chi connectivity index (χ2n) is 6.20. The molecule has 1 aliphatic carbocycles. The molecule has 0 heterocycles. The second-order valence-corrected chi connectivity index (χ2v) is 6.20. The summed E-state index contributed by atoms with van der Waals surface area (Å²) >= 11 is 0. The highest BCUT2D eigenvalue weighted by molar-refractivity contribution is 5.95. The minimum absolute atomic E-state index is 0.0283. The topological polar surface area (TPSA) is 23.6 Å². The lowest BCUT2D eigenvalue weighted by atomic mass is 10.1. The highest BCUT2D eigenvalue weighted by atomic mass is 19.1. The Morgan fingerprint density at radius 2 is 1.87 bits per heavy atom. The Bertz CT molecular complexity index is 710. The average molecular weight is 312 g/mol. The summed E-state index contributed by atoms with van der Waals surface area (Å²) in [6, 6.07) is 14.5. The zero-order valence-corrected chi connectivity index (χ0v) is 13.5. The Hall–Kier alpha value is -2.36. The first-order valence-corrected chi connectivity index (χ1v) is 7.88. The van der Waals surface area contributed by atoms with Gasteiger partial charge in [0.15, 0.2) is 0 Å². The van der Waals surface area contributed by atoms with E-state index < -0.39 is 0 Å². The van der Waals surface area contributed by atoms with Gasteiger partial charge in [-0.2, -0.15) is 0 Å². The fraction of sp³-hybridized carbons (Fsp3) is 0.316. The van der Waals surface area contributed by atoms with Gasteiger partial charge in [-0.25, -0.2) is 4.39 Å². The Morgan fingerprint density at radius 1 is 1.13 bits per heavy atom. The molecule has 3 rings (SSSR count). The molecule has 0 saturated heterocycles. The summed E-state index contributed by atoms with van der Waals surface area (Å²) in [5, 5.41) is 0. The van der Waals surface area contributed by atoms with Crippen LogP contribution < -0.4 is 4.90 Å². The molecule has 4 heteroatoms. The molecule has 0 bridgehead atoms. The minimum Gasteiger partial charge on any atom is -0.378 e. The molecule has 1 fully saturated rings. The van der Waals surface area contributed by atoms with E-state index in [0.717, 1.165) is 18.5 Å². The number of nitrogens with zero attached hydrogens (tertiary/aromatic N) is 2. The van der Waals surface area contributed by atoms with Gasteiger partial charge in [-0.05, 0) is 37.1 Å². The fourth-order valence-electron chi connectivity index (χ4n) is 2.65. The Balaban J connectivity index is 1.85. The molecule has 0 unspecified atom stereocenters. The third-order valence-electron chi connectivity index (χ3n) is 4.16. The van der Waals surface area contributed by atoms with E-state index in [4.69, 9.17) is 0 Å². The van der Waals surface area contributed by atoms with Gasteiger partial charge >= 0.3 is 0 Å². The van der Waals surface area contributed by atoms with Crippen LogP contribution in [-0.4, -0.2) is 30.9 Å². The van der Waals surface area contributed by atoms with Crippen molar-refractivity contribution < 1.29 is 9.18 Å². The maximum Gasteiger partial charge on any atom is 0.254 e. The summed E-state index contributed by atoms with van der Waals surface area (Å²) in [6.45, 7) is 0.322. The van der Waals surface area contributed by atoms with Crippen molar-refractivity contribution in [2.24, 2.45) is 0 Å². The smallest absolute Gasteiger partial charge is 0.254 e. The third-order valence-corrected chi connectivity index (χ3v) is 4.16. The molecular weight excluding hydrogens is 291 g/mol. The highest BCUT2D eigenvalue weighted by Gasteiger charge is 2.33. The highest BCUT2D eigenvalue weighted by Crippen LogP contribution is 2.30. The van der Waals surface area contributed by atoms with Crippen LogP contribution in [0.1, 0.15) is 28.8 Å². The van der Waals surface area contributed by atoms with Gasteiger partial charge in [-0.3, -0.25) is 4.79 Å². The van der Waals surface area contributed by atoms with Crippen molar-refractivity contribution in [1.29, 1.82) is 0 Å².